The van der Waals surface area contributed by atoms with Crippen LogP contribution in [0.4, 0.5) is 0 Å². The number of nitrogens with zero attached hydrogens (tertiary/aromatic N) is 1. The molecule has 0 aromatic heterocycles. The van der Waals surface area contributed by atoms with E-state index in [4.69, 9.17) is 9.47 Å². The second-order valence-electron chi connectivity index (χ2n) is 9.68. The molecule has 3 aliphatic heterocycles. The zero-order valence-corrected chi connectivity index (χ0v) is 18.9. The van der Waals surface area contributed by atoms with E-state index in [2.05, 4.69) is 57.2 Å². The van der Waals surface area contributed by atoms with E-state index in [9.17, 15) is 4.79 Å². The van der Waals surface area contributed by atoms with Crippen LogP contribution in [0.5, 0.6) is 5.75 Å². The lowest BCUT2D eigenvalue weighted by atomic mass is 9.95. The summed E-state index contributed by atoms with van der Waals surface area (Å²) in [6.07, 6.45) is 3.90. The lowest BCUT2D eigenvalue weighted by Gasteiger charge is -2.20. The third-order valence-electron chi connectivity index (χ3n) is 7.77. The molecule has 1 aliphatic carbocycles. The summed E-state index contributed by atoms with van der Waals surface area (Å²) in [5.74, 6) is 1.59. The van der Waals surface area contributed by atoms with E-state index in [1.807, 2.05) is 12.1 Å². The Balaban J connectivity index is 1.17. The molecule has 4 aliphatic rings. The molecular weight excluding hydrogens is 418 g/mol. The number of likely N-dealkylation sites (tertiary alicyclic amines) is 1. The summed E-state index contributed by atoms with van der Waals surface area (Å²) in [6.45, 7) is 2.46. The summed E-state index contributed by atoms with van der Waals surface area (Å²) in [7, 11) is 1.71. The highest BCUT2D eigenvalue weighted by atomic mass is 16.5. The minimum absolute atomic E-state index is 0.0251. The monoisotopic (exact) mass is 449 g/mol. The highest BCUT2D eigenvalue weighted by molar-refractivity contribution is 5.81. The number of amides is 1. The van der Waals surface area contributed by atoms with E-state index in [1.54, 1.807) is 7.11 Å². The van der Waals surface area contributed by atoms with E-state index in [-0.39, 0.29) is 23.6 Å². The van der Waals surface area contributed by atoms with Gasteiger partial charge in [-0.3, -0.25) is 4.79 Å². The molecule has 8 heteroatoms. The minimum atomic E-state index is -0.205. The van der Waals surface area contributed by atoms with Gasteiger partial charge in [-0.2, -0.15) is 11.1 Å². The van der Waals surface area contributed by atoms with Crippen molar-refractivity contribution in [2.45, 2.75) is 43.9 Å². The number of hydrogen-bond acceptors (Lipinski definition) is 7. The molecule has 2 aromatic carbocycles. The average molecular weight is 450 g/mol. The van der Waals surface area contributed by atoms with Crippen molar-refractivity contribution in [3.05, 3.63) is 53.6 Å². The van der Waals surface area contributed by atoms with E-state index in [0.29, 0.717) is 5.92 Å². The number of methoxy groups -OCH3 is 1. The zero-order valence-electron chi connectivity index (χ0n) is 18.9. The molecule has 3 atom stereocenters. The normalized spacial score (nSPS) is 29.2. The first-order valence-corrected chi connectivity index (χ1v) is 11.9. The number of nitrogens with one attached hydrogen (secondary N) is 4. The van der Waals surface area contributed by atoms with Gasteiger partial charge in [0.1, 0.15) is 18.0 Å². The topological polar surface area (TPSA) is 86.9 Å². The standard InChI is InChI=1S/C25H31N5O3/c1-32-21-9-8-18(23-26-28-29-27-23)13-19(21)16-4-6-17(7-5-16)20-14-25(20)10-11-30(15-25)24(31)22-3-2-12-33-22/h4-9,13,20,22-23,26-29H,2-3,10-12,14-15H2,1H3/t20-,22-,25+/m1/s1. The zero-order chi connectivity index (χ0) is 22.4. The summed E-state index contributed by atoms with van der Waals surface area (Å²) in [5.41, 5.74) is 16.9. The van der Waals surface area contributed by atoms with Crippen LogP contribution in [0, 0.1) is 5.41 Å². The Bertz CT molecular complexity index is 1030. The van der Waals surface area contributed by atoms with Crippen LogP contribution in [0.15, 0.2) is 42.5 Å². The van der Waals surface area contributed by atoms with E-state index in [0.717, 1.165) is 61.4 Å². The van der Waals surface area contributed by atoms with Crippen LogP contribution in [0.1, 0.15) is 48.9 Å². The fourth-order valence-corrected chi connectivity index (χ4v) is 5.78. The second-order valence-corrected chi connectivity index (χ2v) is 9.68. The van der Waals surface area contributed by atoms with Gasteiger partial charge in [-0.05, 0) is 65.8 Å². The third-order valence-corrected chi connectivity index (χ3v) is 7.77. The lowest BCUT2D eigenvalue weighted by Crippen LogP contribution is -2.37. The molecule has 4 fully saturated rings. The molecular formula is C25H31N5O3. The first-order valence-electron chi connectivity index (χ1n) is 11.9. The fraction of sp³-hybridized carbons (Fsp3) is 0.480. The lowest BCUT2D eigenvalue weighted by molar-refractivity contribution is -0.140. The molecule has 1 amide bonds. The predicted octanol–water partition coefficient (Wildman–Crippen LogP) is 2.36. The van der Waals surface area contributed by atoms with Crippen molar-refractivity contribution >= 4 is 5.91 Å². The Morgan fingerprint density at radius 3 is 2.64 bits per heavy atom. The number of hydrazine groups is 3. The molecule has 0 unspecified atom stereocenters. The Kier molecular flexibility index (Phi) is 5.35. The molecule has 0 radical (unpaired) electrons. The minimum Gasteiger partial charge on any atom is -0.496 e. The van der Waals surface area contributed by atoms with Crippen LogP contribution < -0.4 is 26.7 Å². The molecule has 2 aromatic rings. The van der Waals surface area contributed by atoms with E-state index >= 15 is 0 Å². The molecule has 6 rings (SSSR count). The van der Waals surface area contributed by atoms with Crippen molar-refractivity contribution in [2.24, 2.45) is 5.41 Å². The number of hydrogen-bond donors (Lipinski definition) is 4. The van der Waals surface area contributed by atoms with Gasteiger partial charge in [0.15, 0.2) is 0 Å². The number of benzene rings is 2. The van der Waals surface area contributed by atoms with Gasteiger partial charge in [-0.1, -0.05) is 30.3 Å². The van der Waals surface area contributed by atoms with Crippen LogP contribution in [0.25, 0.3) is 11.1 Å². The average Bonchev–Trinajstić information content (AvgIpc) is 3.38. The molecule has 4 N–H and O–H groups in total. The smallest absolute Gasteiger partial charge is 0.251 e. The quantitative estimate of drug-likeness (QED) is 0.558. The molecule has 3 saturated heterocycles. The van der Waals surface area contributed by atoms with Gasteiger partial charge in [0.05, 0.1) is 7.11 Å². The largest absolute Gasteiger partial charge is 0.496 e. The maximum atomic E-state index is 12.8. The van der Waals surface area contributed by atoms with E-state index in [1.165, 1.54) is 12.0 Å². The maximum Gasteiger partial charge on any atom is 0.251 e. The molecule has 33 heavy (non-hydrogen) atoms. The van der Waals surface area contributed by atoms with Gasteiger partial charge in [0.25, 0.3) is 5.91 Å². The van der Waals surface area contributed by atoms with Crippen molar-refractivity contribution in [3.8, 4) is 16.9 Å². The number of carbonyl (C=O) groups excluding carboxylic acids is 1. The summed E-state index contributed by atoms with van der Waals surface area (Å²) >= 11 is 0. The Morgan fingerprint density at radius 2 is 1.91 bits per heavy atom. The van der Waals surface area contributed by atoms with Gasteiger partial charge >= 0.3 is 0 Å². The van der Waals surface area contributed by atoms with Crippen molar-refractivity contribution < 1.29 is 14.3 Å². The molecule has 8 nitrogen and oxygen atoms in total. The van der Waals surface area contributed by atoms with Crippen LogP contribution in [0.2, 0.25) is 0 Å². The van der Waals surface area contributed by atoms with Gasteiger partial charge in [-0.25, -0.2) is 10.9 Å². The van der Waals surface area contributed by atoms with Crippen molar-refractivity contribution in [1.82, 2.24) is 26.8 Å². The van der Waals surface area contributed by atoms with Crippen molar-refractivity contribution in [2.75, 3.05) is 26.8 Å². The molecule has 0 bridgehead atoms. The second kappa shape index (κ2) is 8.38. The summed E-state index contributed by atoms with van der Waals surface area (Å²) in [4.78, 5) is 14.8. The molecule has 3 heterocycles. The van der Waals surface area contributed by atoms with Crippen LogP contribution in [-0.2, 0) is 9.53 Å². The Labute approximate surface area is 193 Å². The maximum absolute atomic E-state index is 12.8. The third kappa shape index (κ3) is 3.82. The van der Waals surface area contributed by atoms with Crippen LogP contribution in [-0.4, -0.2) is 43.7 Å². The molecule has 174 valence electrons. The van der Waals surface area contributed by atoms with Gasteiger partial charge in [-0.15, -0.1) is 0 Å². The highest BCUT2D eigenvalue weighted by Crippen LogP contribution is 2.64. The van der Waals surface area contributed by atoms with Gasteiger partial charge < -0.3 is 14.4 Å². The van der Waals surface area contributed by atoms with Gasteiger partial charge in [0, 0.05) is 25.3 Å². The molecule has 1 spiro atoms. The summed E-state index contributed by atoms with van der Waals surface area (Å²) < 4.78 is 11.3. The fourth-order valence-electron chi connectivity index (χ4n) is 5.78. The molecule has 1 saturated carbocycles. The summed E-state index contributed by atoms with van der Waals surface area (Å²) in [5, 5.41) is 0. The van der Waals surface area contributed by atoms with Crippen molar-refractivity contribution in [1.29, 1.82) is 0 Å². The summed E-state index contributed by atoms with van der Waals surface area (Å²) in [6, 6.07) is 15.1. The Hall–Kier alpha value is -2.49. The van der Waals surface area contributed by atoms with Crippen LogP contribution in [0.3, 0.4) is 0 Å². The number of carbonyl (C=O) groups is 1. The van der Waals surface area contributed by atoms with Gasteiger partial charge in [0.2, 0.25) is 0 Å². The Morgan fingerprint density at radius 1 is 1.12 bits per heavy atom. The SMILES string of the molecule is COc1ccc(C2NNNN2)cc1-c1ccc([C@H]2C[C@]23CCN(C(=O)[C@H]2CCCO2)C3)cc1. The first-order chi connectivity index (χ1) is 16.2. The number of rotatable bonds is 5. The van der Waals surface area contributed by atoms with Crippen molar-refractivity contribution in [3.63, 3.8) is 0 Å². The first kappa shape index (κ1) is 21.1. The highest BCUT2D eigenvalue weighted by Gasteiger charge is 2.58. The van der Waals surface area contributed by atoms with E-state index < -0.39 is 0 Å². The predicted molar refractivity (Wildman–Crippen MR) is 124 cm³/mol. The number of ether oxygens (including phenoxy) is 2. The van der Waals surface area contributed by atoms with Crippen LogP contribution >= 0.6 is 0 Å².